The number of nitrogens with two attached hydrogens (primary N) is 1. The summed E-state index contributed by atoms with van der Waals surface area (Å²) in [6.07, 6.45) is 11.1. The van der Waals surface area contributed by atoms with Gasteiger partial charge >= 0.3 is 0 Å². The zero-order chi connectivity index (χ0) is 23.5. The molecule has 1 aromatic carbocycles. The maximum absolute atomic E-state index is 8.90. The van der Waals surface area contributed by atoms with Crippen molar-refractivity contribution in [3.8, 4) is 11.1 Å². The molecule has 2 atom stereocenters. The fraction of sp³-hybridized carbons (Fsp3) is 0.346. The maximum Gasteiger partial charge on any atom is 0.156 e. The predicted molar refractivity (Wildman–Crippen MR) is 140 cm³/mol. The summed E-state index contributed by atoms with van der Waals surface area (Å²) in [5.41, 5.74) is 14.4. The number of nitrogen functional groups attached to an aromatic ring is 1. The summed E-state index contributed by atoms with van der Waals surface area (Å²) in [6, 6.07) is 5.87. The Balaban J connectivity index is 1.68. The van der Waals surface area contributed by atoms with Gasteiger partial charge in [-0.1, -0.05) is 26.0 Å². The van der Waals surface area contributed by atoms with Crippen LogP contribution in [0, 0.1) is 18.3 Å². The number of likely N-dealkylation sites (N-methyl/N-ethyl adjacent to an activating group) is 1. The number of anilines is 1. The van der Waals surface area contributed by atoms with Crippen LogP contribution in [0.25, 0.3) is 17.2 Å². The van der Waals surface area contributed by atoms with Crippen molar-refractivity contribution >= 4 is 29.2 Å². The highest BCUT2D eigenvalue weighted by Crippen LogP contribution is 2.39. The molecule has 7 heteroatoms. The molecule has 0 aliphatic heterocycles. The Labute approximate surface area is 200 Å². The van der Waals surface area contributed by atoms with Gasteiger partial charge in [-0.2, -0.15) is 11.8 Å². The Hall–Kier alpha value is -2.90. The molecule has 1 aliphatic rings. The molecule has 172 valence electrons. The molecule has 0 amide bonds. The molecule has 0 bridgehead atoms. The number of hydrogen-bond acceptors (Lipinski definition) is 6. The first-order valence-corrected chi connectivity index (χ1v) is 12.7. The summed E-state index contributed by atoms with van der Waals surface area (Å²) in [5.74, 6) is 0.967. The van der Waals surface area contributed by atoms with Crippen molar-refractivity contribution in [3.05, 3.63) is 70.6 Å². The van der Waals surface area contributed by atoms with Crippen molar-refractivity contribution in [1.82, 2.24) is 20.3 Å². The molecule has 2 aromatic heterocycles. The molecule has 1 aliphatic carbocycles. The van der Waals surface area contributed by atoms with Gasteiger partial charge in [0.1, 0.15) is 5.71 Å². The molecular formula is C26H32N6S. The Morgan fingerprint density at radius 3 is 2.88 bits per heavy atom. The van der Waals surface area contributed by atoms with E-state index in [0.29, 0.717) is 34.0 Å². The lowest BCUT2D eigenvalue weighted by atomic mass is 9.95. The smallest absolute Gasteiger partial charge is 0.156 e. The average Bonchev–Trinajstić information content (AvgIpc) is 3.25. The molecule has 4 rings (SSSR count). The second-order valence-corrected chi connectivity index (χ2v) is 9.49. The Morgan fingerprint density at radius 1 is 1.30 bits per heavy atom. The van der Waals surface area contributed by atoms with Gasteiger partial charge in [0.25, 0.3) is 0 Å². The monoisotopic (exact) mass is 460 g/mol. The first-order chi connectivity index (χ1) is 15.9. The molecule has 5 N–H and O–H groups in total. The van der Waals surface area contributed by atoms with Crippen LogP contribution in [-0.4, -0.2) is 40.0 Å². The number of nitrogens with one attached hydrogen (secondary N) is 3. The molecule has 6 nitrogen and oxygen atoms in total. The zero-order valence-electron chi connectivity index (χ0n) is 19.7. The fourth-order valence-corrected chi connectivity index (χ4v) is 5.32. The van der Waals surface area contributed by atoms with E-state index in [9.17, 15) is 0 Å². The summed E-state index contributed by atoms with van der Waals surface area (Å²) in [5, 5.41) is 12.6. The van der Waals surface area contributed by atoms with E-state index in [2.05, 4.69) is 48.4 Å². The van der Waals surface area contributed by atoms with E-state index in [0.717, 1.165) is 42.0 Å². The van der Waals surface area contributed by atoms with Gasteiger partial charge in [0.05, 0.1) is 16.6 Å². The van der Waals surface area contributed by atoms with Gasteiger partial charge in [-0.15, -0.1) is 0 Å². The SMILES string of the molecule is CCNCCc1cncc(-c2ccc(N)c(C(=N)c3nc4c([nH]3)C(SC)C(C)C=C4)c2)c1C. The van der Waals surface area contributed by atoms with E-state index in [1.165, 1.54) is 11.1 Å². The number of nitrogens with zero attached hydrogens (tertiary/aromatic N) is 2. The van der Waals surface area contributed by atoms with Crippen molar-refractivity contribution in [2.24, 2.45) is 5.92 Å². The number of aromatic amines is 1. The van der Waals surface area contributed by atoms with Crippen LogP contribution in [0.5, 0.6) is 0 Å². The summed E-state index contributed by atoms with van der Waals surface area (Å²) in [6.45, 7) is 8.33. The third kappa shape index (κ3) is 4.61. The highest BCUT2D eigenvalue weighted by atomic mass is 32.2. The standard InChI is InChI=1S/C26H32N6S/c1-5-29-11-10-18-13-30-14-20(16(18)3)17-7-8-21(27)19(12-17)23(28)26-31-22-9-6-15(2)25(33-4)24(22)32-26/h6-9,12-15,25,28-29H,5,10-11,27H2,1-4H3,(H,31,32). The normalized spacial score (nSPS) is 17.2. The quantitative estimate of drug-likeness (QED) is 0.215. The van der Waals surface area contributed by atoms with Crippen molar-refractivity contribution < 1.29 is 0 Å². The molecule has 2 heterocycles. The lowest BCUT2D eigenvalue weighted by Gasteiger charge is -2.21. The number of fused-ring (bicyclic) bond motifs is 1. The molecule has 2 unspecified atom stereocenters. The highest BCUT2D eigenvalue weighted by Gasteiger charge is 2.27. The molecule has 0 saturated heterocycles. The van der Waals surface area contributed by atoms with Crippen LogP contribution in [0.2, 0.25) is 0 Å². The second kappa shape index (κ2) is 9.93. The van der Waals surface area contributed by atoms with E-state index >= 15 is 0 Å². The van der Waals surface area contributed by atoms with Gasteiger partial charge in [-0.25, -0.2) is 4.98 Å². The van der Waals surface area contributed by atoms with Crippen molar-refractivity contribution in [2.45, 2.75) is 32.4 Å². The number of hydrogen-bond donors (Lipinski definition) is 4. The first-order valence-electron chi connectivity index (χ1n) is 11.4. The molecule has 3 aromatic rings. The van der Waals surface area contributed by atoms with E-state index < -0.39 is 0 Å². The number of rotatable bonds is 8. The molecule has 0 radical (unpaired) electrons. The second-order valence-electron chi connectivity index (χ2n) is 8.51. The zero-order valence-corrected chi connectivity index (χ0v) is 20.5. The van der Waals surface area contributed by atoms with Crippen LogP contribution in [-0.2, 0) is 6.42 Å². The van der Waals surface area contributed by atoms with Crippen molar-refractivity contribution in [2.75, 3.05) is 25.1 Å². The third-order valence-electron chi connectivity index (χ3n) is 6.35. The molecule has 0 spiro atoms. The fourth-order valence-electron chi connectivity index (χ4n) is 4.38. The number of aromatic nitrogens is 3. The van der Waals surface area contributed by atoms with Crippen LogP contribution in [0.15, 0.2) is 36.7 Å². The Morgan fingerprint density at radius 2 is 2.12 bits per heavy atom. The molecule has 33 heavy (non-hydrogen) atoms. The average molecular weight is 461 g/mol. The van der Waals surface area contributed by atoms with Crippen LogP contribution >= 0.6 is 11.8 Å². The lowest BCUT2D eigenvalue weighted by molar-refractivity contribution is 0.686. The van der Waals surface area contributed by atoms with Gasteiger partial charge in [-0.3, -0.25) is 10.4 Å². The molecular weight excluding hydrogens is 428 g/mol. The van der Waals surface area contributed by atoms with Gasteiger partial charge in [0, 0.05) is 29.2 Å². The van der Waals surface area contributed by atoms with Gasteiger partial charge in [0.15, 0.2) is 5.82 Å². The van der Waals surface area contributed by atoms with Gasteiger partial charge < -0.3 is 16.0 Å². The van der Waals surface area contributed by atoms with E-state index in [-0.39, 0.29) is 0 Å². The number of benzene rings is 1. The number of pyridine rings is 1. The summed E-state index contributed by atoms with van der Waals surface area (Å²) < 4.78 is 0. The van der Waals surface area contributed by atoms with Crippen LogP contribution in [0.4, 0.5) is 5.69 Å². The minimum absolute atomic E-state index is 0.304. The van der Waals surface area contributed by atoms with E-state index in [4.69, 9.17) is 16.1 Å². The minimum Gasteiger partial charge on any atom is -0.398 e. The maximum atomic E-state index is 8.90. The van der Waals surface area contributed by atoms with Crippen LogP contribution in [0.3, 0.4) is 0 Å². The summed E-state index contributed by atoms with van der Waals surface area (Å²) >= 11 is 1.80. The van der Waals surface area contributed by atoms with E-state index in [1.54, 1.807) is 11.8 Å². The largest absolute Gasteiger partial charge is 0.398 e. The van der Waals surface area contributed by atoms with Crippen molar-refractivity contribution in [3.63, 3.8) is 0 Å². The van der Waals surface area contributed by atoms with Crippen molar-refractivity contribution in [1.29, 1.82) is 5.41 Å². The number of H-pyrrole nitrogens is 1. The predicted octanol–water partition coefficient (Wildman–Crippen LogP) is 5.00. The highest BCUT2D eigenvalue weighted by molar-refractivity contribution is 7.98. The van der Waals surface area contributed by atoms with E-state index in [1.807, 2.05) is 36.7 Å². The van der Waals surface area contributed by atoms with Crippen LogP contribution in [0.1, 0.15) is 53.0 Å². The molecule has 0 saturated carbocycles. The summed E-state index contributed by atoms with van der Waals surface area (Å²) in [7, 11) is 0. The van der Waals surface area contributed by atoms with Gasteiger partial charge in [0.2, 0.25) is 0 Å². The minimum atomic E-state index is 0.304. The van der Waals surface area contributed by atoms with Gasteiger partial charge in [-0.05, 0) is 73.5 Å². The molecule has 0 fully saturated rings. The van der Waals surface area contributed by atoms with Crippen LogP contribution < -0.4 is 11.1 Å². The Kier molecular flexibility index (Phi) is 7.00. The number of allylic oxidation sites excluding steroid dienone is 1. The summed E-state index contributed by atoms with van der Waals surface area (Å²) in [4.78, 5) is 12.6. The first kappa shape index (κ1) is 23.3. The Bertz CT molecular complexity index is 1200. The number of imidazole rings is 1. The third-order valence-corrected chi connectivity index (χ3v) is 7.52. The topological polar surface area (TPSA) is 103 Å². The lowest BCUT2D eigenvalue weighted by Crippen LogP contribution is -2.16. The number of thioether (sulfide) groups is 1.